The van der Waals surface area contributed by atoms with Crippen LogP contribution in [0.5, 0.6) is 5.75 Å². The molecule has 2 rings (SSSR count). The van der Waals surface area contributed by atoms with Gasteiger partial charge in [0.05, 0.1) is 0 Å². The summed E-state index contributed by atoms with van der Waals surface area (Å²) in [7, 11) is 0. The molecule has 2 N–H and O–H groups in total. The molecule has 0 saturated heterocycles. The Kier molecular flexibility index (Phi) is 3.46. The summed E-state index contributed by atoms with van der Waals surface area (Å²) in [5.74, 6) is -3.06. The van der Waals surface area contributed by atoms with E-state index in [2.05, 4.69) is 5.16 Å². The van der Waals surface area contributed by atoms with Crippen molar-refractivity contribution in [3.05, 3.63) is 46.9 Å². The molecule has 100 valence electrons. The van der Waals surface area contributed by atoms with Gasteiger partial charge in [0, 0.05) is 6.07 Å². The monoisotopic (exact) mass is 268 g/mol. The SMILES string of the molecule is Cc1cc(COc2ccc(F)c(C(N)=O)c2F)no1. The van der Waals surface area contributed by atoms with Gasteiger partial charge in [-0.3, -0.25) is 4.79 Å². The van der Waals surface area contributed by atoms with E-state index >= 15 is 0 Å². The number of benzene rings is 1. The molecule has 0 fully saturated rings. The molecule has 0 aliphatic heterocycles. The lowest BCUT2D eigenvalue weighted by Gasteiger charge is -2.08. The summed E-state index contributed by atoms with van der Waals surface area (Å²) in [6.45, 7) is 1.62. The minimum atomic E-state index is -1.20. The highest BCUT2D eigenvalue weighted by atomic mass is 19.1. The second-order valence-electron chi connectivity index (χ2n) is 3.82. The Labute approximate surface area is 106 Å². The maximum atomic E-state index is 13.8. The first-order valence-electron chi connectivity index (χ1n) is 5.32. The quantitative estimate of drug-likeness (QED) is 0.919. The number of nitrogens with two attached hydrogens (primary N) is 1. The first-order valence-corrected chi connectivity index (χ1v) is 5.32. The Morgan fingerprint density at radius 1 is 1.47 bits per heavy atom. The molecule has 1 aromatic heterocycles. The summed E-state index contributed by atoms with van der Waals surface area (Å²) in [6.07, 6.45) is 0. The number of carbonyl (C=O) groups is 1. The lowest BCUT2D eigenvalue weighted by atomic mass is 10.1. The zero-order valence-corrected chi connectivity index (χ0v) is 9.94. The van der Waals surface area contributed by atoms with Gasteiger partial charge in [0.1, 0.15) is 29.4 Å². The molecule has 7 heteroatoms. The Balaban J connectivity index is 2.21. The van der Waals surface area contributed by atoms with E-state index in [4.69, 9.17) is 15.0 Å². The van der Waals surface area contributed by atoms with Gasteiger partial charge in [-0.15, -0.1) is 0 Å². The number of halogens is 2. The molecule has 0 spiro atoms. The molecule has 0 atom stereocenters. The van der Waals surface area contributed by atoms with Gasteiger partial charge in [-0.05, 0) is 19.1 Å². The standard InChI is InChI=1S/C12H10F2N2O3/c1-6-4-7(16-19-6)5-18-9-3-2-8(13)10(11(9)14)12(15)17/h2-4H,5H2,1H3,(H2,15,17). The van der Waals surface area contributed by atoms with E-state index in [1.54, 1.807) is 13.0 Å². The van der Waals surface area contributed by atoms with Gasteiger partial charge in [-0.1, -0.05) is 5.16 Å². The Bertz CT molecular complexity index is 625. The molecule has 0 aliphatic carbocycles. The predicted molar refractivity (Wildman–Crippen MR) is 60.4 cm³/mol. The third-order valence-corrected chi connectivity index (χ3v) is 2.35. The molecule has 0 bridgehead atoms. The topological polar surface area (TPSA) is 78.4 Å². The van der Waals surface area contributed by atoms with Crippen LogP contribution in [-0.2, 0) is 6.61 Å². The fourth-order valence-electron chi connectivity index (χ4n) is 1.51. The van der Waals surface area contributed by atoms with Gasteiger partial charge in [0.2, 0.25) is 0 Å². The van der Waals surface area contributed by atoms with Crippen molar-refractivity contribution in [1.82, 2.24) is 5.16 Å². The first kappa shape index (κ1) is 13.0. The average molecular weight is 268 g/mol. The van der Waals surface area contributed by atoms with Gasteiger partial charge in [-0.2, -0.15) is 0 Å². The van der Waals surface area contributed by atoms with Gasteiger partial charge >= 0.3 is 0 Å². The number of hydrogen-bond acceptors (Lipinski definition) is 4. The highest BCUT2D eigenvalue weighted by molar-refractivity contribution is 5.93. The van der Waals surface area contributed by atoms with Crippen LogP contribution in [0.2, 0.25) is 0 Å². The number of aryl methyl sites for hydroxylation is 1. The molecule has 2 aromatic rings. The van der Waals surface area contributed by atoms with Crippen molar-refractivity contribution in [2.45, 2.75) is 13.5 Å². The van der Waals surface area contributed by atoms with Crippen molar-refractivity contribution < 1.29 is 22.8 Å². The number of ether oxygens (including phenoxy) is 1. The van der Waals surface area contributed by atoms with E-state index in [0.717, 1.165) is 12.1 Å². The molecule has 0 aliphatic rings. The molecular formula is C12H10F2N2O3. The van der Waals surface area contributed by atoms with E-state index in [-0.39, 0.29) is 12.4 Å². The van der Waals surface area contributed by atoms with Crippen molar-refractivity contribution in [2.75, 3.05) is 0 Å². The molecule has 0 radical (unpaired) electrons. The van der Waals surface area contributed by atoms with Gasteiger partial charge in [0.15, 0.2) is 11.6 Å². The Morgan fingerprint density at radius 2 is 2.21 bits per heavy atom. The van der Waals surface area contributed by atoms with Gasteiger partial charge in [-0.25, -0.2) is 8.78 Å². The first-order chi connectivity index (χ1) is 8.99. The zero-order chi connectivity index (χ0) is 14.0. The minimum absolute atomic E-state index is 0.0713. The predicted octanol–water partition coefficient (Wildman–Crippen LogP) is 1.94. The van der Waals surface area contributed by atoms with E-state index in [1.165, 1.54) is 0 Å². The number of rotatable bonds is 4. The summed E-state index contributed by atoms with van der Waals surface area (Å²) in [4.78, 5) is 10.9. The number of nitrogens with zero attached hydrogens (tertiary/aromatic N) is 1. The second kappa shape index (κ2) is 5.05. The van der Waals surface area contributed by atoms with Crippen LogP contribution in [0, 0.1) is 18.6 Å². The summed E-state index contributed by atoms with van der Waals surface area (Å²) in [5, 5.41) is 3.65. The summed E-state index contributed by atoms with van der Waals surface area (Å²) in [6, 6.07) is 3.59. The number of primary amides is 1. The van der Waals surface area contributed by atoms with Gasteiger partial charge in [0.25, 0.3) is 5.91 Å². The number of carbonyl (C=O) groups excluding carboxylic acids is 1. The van der Waals surface area contributed by atoms with Crippen molar-refractivity contribution in [3.8, 4) is 5.75 Å². The van der Waals surface area contributed by atoms with Crippen LogP contribution in [0.25, 0.3) is 0 Å². The van der Waals surface area contributed by atoms with Crippen LogP contribution in [0.4, 0.5) is 8.78 Å². The lowest BCUT2D eigenvalue weighted by molar-refractivity contribution is 0.0991. The average Bonchev–Trinajstić information content (AvgIpc) is 2.74. The lowest BCUT2D eigenvalue weighted by Crippen LogP contribution is -2.16. The van der Waals surface area contributed by atoms with Crippen molar-refractivity contribution in [2.24, 2.45) is 5.73 Å². The van der Waals surface area contributed by atoms with Crippen LogP contribution in [0.15, 0.2) is 22.7 Å². The smallest absolute Gasteiger partial charge is 0.254 e. The number of hydrogen-bond donors (Lipinski definition) is 1. The Hall–Kier alpha value is -2.44. The molecule has 0 saturated carbocycles. The second-order valence-corrected chi connectivity index (χ2v) is 3.82. The van der Waals surface area contributed by atoms with E-state index < -0.39 is 23.1 Å². The van der Waals surface area contributed by atoms with Crippen molar-refractivity contribution in [3.63, 3.8) is 0 Å². The maximum Gasteiger partial charge on any atom is 0.254 e. The third kappa shape index (κ3) is 2.70. The molecule has 1 heterocycles. The zero-order valence-electron chi connectivity index (χ0n) is 9.94. The minimum Gasteiger partial charge on any atom is -0.484 e. The fourth-order valence-corrected chi connectivity index (χ4v) is 1.51. The largest absolute Gasteiger partial charge is 0.484 e. The third-order valence-electron chi connectivity index (χ3n) is 2.35. The number of aromatic nitrogens is 1. The van der Waals surface area contributed by atoms with E-state index in [0.29, 0.717) is 11.5 Å². The van der Waals surface area contributed by atoms with Crippen LogP contribution < -0.4 is 10.5 Å². The molecule has 0 unspecified atom stereocenters. The van der Waals surface area contributed by atoms with Crippen molar-refractivity contribution in [1.29, 1.82) is 0 Å². The summed E-state index contributed by atoms with van der Waals surface area (Å²) >= 11 is 0. The normalized spacial score (nSPS) is 10.5. The van der Waals surface area contributed by atoms with E-state index in [9.17, 15) is 13.6 Å². The van der Waals surface area contributed by atoms with Crippen LogP contribution in [0.3, 0.4) is 0 Å². The molecule has 5 nitrogen and oxygen atoms in total. The van der Waals surface area contributed by atoms with Crippen LogP contribution >= 0.6 is 0 Å². The summed E-state index contributed by atoms with van der Waals surface area (Å²) in [5.41, 5.74) is 4.51. The van der Waals surface area contributed by atoms with Crippen molar-refractivity contribution >= 4 is 5.91 Å². The molecule has 1 aromatic carbocycles. The van der Waals surface area contributed by atoms with Gasteiger partial charge < -0.3 is 15.0 Å². The molecule has 19 heavy (non-hydrogen) atoms. The molecule has 1 amide bonds. The maximum absolute atomic E-state index is 13.8. The Morgan fingerprint density at radius 3 is 2.79 bits per heavy atom. The number of amides is 1. The highest BCUT2D eigenvalue weighted by Gasteiger charge is 2.19. The highest BCUT2D eigenvalue weighted by Crippen LogP contribution is 2.23. The van der Waals surface area contributed by atoms with E-state index in [1.807, 2.05) is 0 Å². The van der Waals surface area contributed by atoms with Crippen LogP contribution in [-0.4, -0.2) is 11.1 Å². The molecular weight excluding hydrogens is 258 g/mol. The fraction of sp³-hybridized carbons (Fsp3) is 0.167. The van der Waals surface area contributed by atoms with Crippen LogP contribution in [0.1, 0.15) is 21.8 Å². The summed E-state index contributed by atoms with van der Waals surface area (Å²) < 4.78 is 36.9.